The molecule has 2 aliphatic rings. The summed E-state index contributed by atoms with van der Waals surface area (Å²) in [6, 6.07) is 7.26. The molecule has 0 bridgehead atoms. The molecular formula is C22H22BrN3O7. The van der Waals surface area contributed by atoms with E-state index >= 15 is 0 Å². The monoisotopic (exact) mass is 519 g/mol. The summed E-state index contributed by atoms with van der Waals surface area (Å²) in [7, 11) is 4.69. The van der Waals surface area contributed by atoms with Crippen LogP contribution in [0.15, 0.2) is 39.0 Å². The summed E-state index contributed by atoms with van der Waals surface area (Å²) >= 11 is 3.56. The Hall–Kier alpha value is -3.47. The van der Waals surface area contributed by atoms with E-state index in [4.69, 9.17) is 28.5 Å². The van der Waals surface area contributed by atoms with Gasteiger partial charge < -0.3 is 28.5 Å². The minimum absolute atomic E-state index is 0.0718. The second kappa shape index (κ2) is 9.99. The van der Waals surface area contributed by atoms with Gasteiger partial charge in [-0.15, -0.1) is 0 Å². The van der Waals surface area contributed by atoms with E-state index in [-0.39, 0.29) is 18.6 Å². The Balaban J connectivity index is 1.40. The summed E-state index contributed by atoms with van der Waals surface area (Å²) in [5.41, 5.74) is 4.29. The molecule has 1 amide bonds. The van der Waals surface area contributed by atoms with Crippen LogP contribution in [0.3, 0.4) is 0 Å². The summed E-state index contributed by atoms with van der Waals surface area (Å²) in [5.74, 6) is 2.27. The fraction of sp³-hybridized carbons (Fsp3) is 0.318. The molecule has 4 rings (SSSR count). The number of rotatable bonds is 8. The number of benzene rings is 2. The number of amides is 1. The number of hydrogen-bond donors (Lipinski definition) is 1. The zero-order valence-electron chi connectivity index (χ0n) is 18.2. The number of nitrogens with zero attached hydrogens (tertiary/aromatic N) is 2. The van der Waals surface area contributed by atoms with Crippen LogP contribution in [0.1, 0.15) is 17.5 Å². The van der Waals surface area contributed by atoms with E-state index in [2.05, 4.69) is 31.6 Å². The molecule has 11 heteroatoms. The van der Waals surface area contributed by atoms with Crippen molar-refractivity contribution in [3.05, 3.63) is 39.9 Å². The number of carbonyl (C=O) groups excluding carboxylic acids is 1. The van der Waals surface area contributed by atoms with Gasteiger partial charge in [0.2, 0.25) is 18.3 Å². The first-order valence-electron chi connectivity index (χ1n) is 9.97. The van der Waals surface area contributed by atoms with Crippen molar-refractivity contribution in [1.82, 2.24) is 5.43 Å². The predicted octanol–water partition coefficient (Wildman–Crippen LogP) is 3.04. The number of ether oxygens (including phenoxy) is 5. The molecule has 0 saturated heterocycles. The van der Waals surface area contributed by atoms with Crippen LogP contribution < -0.4 is 29.1 Å². The topological polar surface area (TPSA) is 109 Å². The van der Waals surface area contributed by atoms with Crippen LogP contribution in [0.4, 0.5) is 0 Å². The predicted molar refractivity (Wildman–Crippen MR) is 123 cm³/mol. The van der Waals surface area contributed by atoms with Gasteiger partial charge in [0.15, 0.2) is 11.5 Å². The van der Waals surface area contributed by atoms with Gasteiger partial charge in [0.05, 0.1) is 32.0 Å². The summed E-state index contributed by atoms with van der Waals surface area (Å²) in [6.45, 7) is 0.0718. The van der Waals surface area contributed by atoms with Crippen molar-refractivity contribution in [2.24, 2.45) is 10.3 Å². The number of methoxy groups -OCH3 is 3. The molecule has 2 aliphatic heterocycles. The number of oxime groups is 1. The molecule has 0 saturated carbocycles. The normalized spacial score (nSPS) is 16.4. The molecule has 0 radical (unpaired) electrons. The van der Waals surface area contributed by atoms with Gasteiger partial charge in [0.25, 0.3) is 5.91 Å². The fourth-order valence-electron chi connectivity index (χ4n) is 3.49. The third-order valence-electron chi connectivity index (χ3n) is 5.09. The molecule has 10 nitrogen and oxygen atoms in total. The highest BCUT2D eigenvalue weighted by molar-refractivity contribution is 9.10. The highest BCUT2D eigenvalue weighted by Crippen LogP contribution is 2.54. The molecule has 0 aliphatic carbocycles. The van der Waals surface area contributed by atoms with Gasteiger partial charge in [-0.3, -0.25) is 4.79 Å². The standard InChI is InChI=1S/C22H22BrN3O7/c1-28-13-6-4-12(5-7-13)10-24-25-22(27)16-9-14(33-26-16)8-15-17(23)19(30-3)21-20(18(15)29-2)31-11-32-21/h4-7,10,14H,8-9,11H2,1-3H3,(H,25,27)/b24-10+/t14-/m0/s1. The lowest BCUT2D eigenvalue weighted by molar-refractivity contribution is -0.114. The smallest absolute Gasteiger partial charge is 0.289 e. The summed E-state index contributed by atoms with van der Waals surface area (Å²) < 4.78 is 27.9. The van der Waals surface area contributed by atoms with E-state index in [9.17, 15) is 4.79 Å². The molecule has 0 unspecified atom stereocenters. The lowest BCUT2D eigenvalue weighted by Crippen LogP contribution is -2.27. The molecule has 0 fully saturated rings. The zero-order chi connectivity index (χ0) is 23.4. The van der Waals surface area contributed by atoms with Crippen LogP contribution in [-0.2, 0) is 16.1 Å². The number of halogens is 1. The van der Waals surface area contributed by atoms with Crippen molar-refractivity contribution >= 4 is 33.8 Å². The molecule has 1 N–H and O–H groups in total. The first kappa shape index (κ1) is 22.7. The minimum Gasteiger partial charge on any atom is -0.497 e. The van der Waals surface area contributed by atoms with Crippen LogP contribution in [0.5, 0.6) is 28.7 Å². The minimum atomic E-state index is -0.434. The highest BCUT2D eigenvalue weighted by Gasteiger charge is 2.34. The second-order valence-electron chi connectivity index (χ2n) is 7.07. The molecule has 33 heavy (non-hydrogen) atoms. The van der Waals surface area contributed by atoms with Gasteiger partial charge >= 0.3 is 0 Å². The van der Waals surface area contributed by atoms with Crippen LogP contribution in [0.25, 0.3) is 0 Å². The maximum Gasteiger partial charge on any atom is 0.289 e. The van der Waals surface area contributed by atoms with E-state index in [0.717, 1.165) is 16.9 Å². The zero-order valence-corrected chi connectivity index (χ0v) is 19.8. The van der Waals surface area contributed by atoms with Gasteiger partial charge in [-0.1, -0.05) is 5.16 Å². The number of fused-ring (bicyclic) bond motifs is 1. The lowest BCUT2D eigenvalue weighted by atomic mass is 10.0. The maximum absolute atomic E-state index is 12.4. The van der Waals surface area contributed by atoms with Crippen LogP contribution in [0.2, 0.25) is 0 Å². The van der Waals surface area contributed by atoms with E-state index < -0.39 is 5.91 Å². The van der Waals surface area contributed by atoms with Crippen molar-refractivity contribution in [3.63, 3.8) is 0 Å². The third-order valence-corrected chi connectivity index (χ3v) is 5.93. The van der Waals surface area contributed by atoms with Gasteiger partial charge in [0.1, 0.15) is 17.6 Å². The Morgan fingerprint density at radius 3 is 2.52 bits per heavy atom. The molecule has 1 atom stereocenters. The third kappa shape index (κ3) is 4.68. The quantitative estimate of drug-likeness (QED) is 0.421. The van der Waals surface area contributed by atoms with Gasteiger partial charge in [-0.05, 0) is 45.8 Å². The highest BCUT2D eigenvalue weighted by atomic mass is 79.9. The fourth-order valence-corrected chi connectivity index (χ4v) is 4.17. The Morgan fingerprint density at radius 2 is 1.85 bits per heavy atom. The lowest BCUT2D eigenvalue weighted by Gasteiger charge is -2.18. The Kier molecular flexibility index (Phi) is 6.87. The van der Waals surface area contributed by atoms with E-state index in [1.165, 1.54) is 6.21 Å². The Morgan fingerprint density at radius 1 is 1.15 bits per heavy atom. The van der Waals surface area contributed by atoms with E-state index in [0.29, 0.717) is 40.3 Å². The number of hydrazone groups is 1. The van der Waals surface area contributed by atoms with E-state index in [1.807, 2.05) is 12.1 Å². The summed E-state index contributed by atoms with van der Waals surface area (Å²) in [5, 5.41) is 7.91. The Labute approximate surface area is 198 Å². The second-order valence-corrected chi connectivity index (χ2v) is 7.86. The first-order chi connectivity index (χ1) is 16.0. The SMILES string of the molecule is COc1ccc(/C=N/NC(=O)C2=NO[C@@H](Cc3c(Br)c(OC)c4c(c3OC)OCO4)C2)cc1. The van der Waals surface area contributed by atoms with Crippen molar-refractivity contribution in [2.45, 2.75) is 18.9 Å². The van der Waals surface area contributed by atoms with Crippen molar-refractivity contribution in [2.75, 3.05) is 28.1 Å². The van der Waals surface area contributed by atoms with Gasteiger partial charge in [0, 0.05) is 18.4 Å². The number of nitrogens with one attached hydrogen (secondary N) is 1. The molecule has 2 aromatic rings. The van der Waals surface area contributed by atoms with Crippen molar-refractivity contribution < 1.29 is 33.3 Å². The van der Waals surface area contributed by atoms with Crippen LogP contribution in [-0.4, -0.2) is 52.1 Å². The largest absolute Gasteiger partial charge is 0.497 e. The average Bonchev–Trinajstić information content (AvgIpc) is 3.50. The van der Waals surface area contributed by atoms with E-state index in [1.54, 1.807) is 33.5 Å². The molecule has 0 spiro atoms. The van der Waals surface area contributed by atoms with Gasteiger partial charge in [-0.25, -0.2) is 5.43 Å². The molecule has 2 heterocycles. The Bertz CT molecular complexity index is 1100. The average molecular weight is 520 g/mol. The maximum atomic E-state index is 12.4. The van der Waals surface area contributed by atoms with Gasteiger partial charge in [-0.2, -0.15) is 5.10 Å². The van der Waals surface area contributed by atoms with Crippen LogP contribution >= 0.6 is 15.9 Å². The van der Waals surface area contributed by atoms with Crippen LogP contribution in [0, 0.1) is 0 Å². The summed E-state index contributed by atoms with van der Waals surface area (Å²) in [6.07, 6.45) is 1.85. The molecule has 2 aromatic carbocycles. The first-order valence-corrected chi connectivity index (χ1v) is 10.8. The molecule has 0 aromatic heterocycles. The summed E-state index contributed by atoms with van der Waals surface area (Å²) in [4.78, 5) is 17.9. The van der Waals surface area contributed by atoms with Crippen molar-refractivity contribution in [1.29, 1.82) is 0 Å². The number of hydrogen-bond acceptors (Lipinski definition) is 9. The molecule has 174 valence electrons. The number of carbonyl (C=O) groups is 1. The van der Waals surface area contributed by atoms with Crippen molar-refractivity contribution in [3.8, 4) is 28.7 Å². The molecular weight excluding hydrogens is 498 g/mol.